The number of sulfonamides is 1. The predicted octanol–water partition coefficient (Wildman–Crippen LogP) is 2.15. The maximum Gasteiger partial charge on any atom is 0.241 e. The van der Waals surface area contributed by atoms with Crippen molar-refractivity contribution in [1.82, 2.24) is 4.72 Å². The van der Waals surface area contributed by atoms with E-state index >= 15 is 0 Å². The van der Waals surface area contributed by atoms with E-state index in [2.05, 4.69) is 4.72 Å². The quantitative estimate of drug-likeness (QED) is 0.927. The van der Waals surface area contributed by atoms with Gasteiger partial charge in [0.25, 0.3) is 0 Å². The fourth-order valence-electron chi connectivity index (χ4n) is 2.65. The maximum atomic E-state index is 13.2. The lowest BCUT2D eigenvalue weighted by atomic mass is 10.0. The highest BCUT2D eigenvalue weighted by Gasteiger charge is 2.27. The van der Waals surface area contributed by atoms with Crippen LogP contribution in [0.25, 0.3) is 0 Å². The Kier molecular flexibility index (Phi) is 4.46. The molecule has 1 aliphatic rings. The third-order valence-electron chi connectivity index (χ3n) is 3.76. The van der Waals surface area contributed by atoms with E-state index in [1.54, 1.807) is 13.8 Å². The summed E-state index contributed by atoms with van der Waals surface area (Å²) >= 11 is 0. The van der Waals surface area contributed by atoms with Crippen LogP contribution < -0.4 is 4.72 Å². The van der Waals surface area contributed by atoms with Gasteiger partial charge < -0.3 is 4.74 Å². The molecule has 1 aromatic carbocycles. The summed E-state index contributed by atoms with van der Waals surface area (Å²) in [6.45, 7) is 6.17. The molecule has 4 nitrogen and oxygen atoms in total. The molecule has 0 amide bonds. The Morgan fingerprint density at radius 3 is 2.45 bits per heavy atom. The molecule has 1 N–H and O–H groups in total. The van der Waals surface area contributed by atoms with E-state index in [4.69, 9.17) is 4.74 Å². The van der Waals surface area contributed by atoms with E-state index in [0.717, 1.165) is 6.42 Å². The topological polar surface area (TPSA) is 55.4 Å². The Bertz CT molecular complexity index is 577. The summed E-state index contributed by atoms with van der Waals surface area (Å²) in [6.07, 6.45) is 0.915. The molecule has 0 aromatic heterocycles. The molecule has 0 spiro atoms. The number of ether oxygens (including phenoxy) is 1. The number of halogens is 1. The highest BCUT2D eigenvalue weighted by Crippen LogP contribution is 2.23. The number of hydrogen-bond acceptors (Lipinski definition) is 3. The van der Waals surface area contributed by atoms with Gasteiger partial charge in [-0.05, 0) is 50.5 Å². The van der Waals surface area contributed by atoms with Crippen molar-refractivity contribution in [2.45, 2.75) is 38.2 Å². The second kappa shape index (κ2) is 5.79. The molecule has 0 saturated carbocycles. The molecule has 0 bridgehead atoms. The molecule has 1 saturated heterocycles. The Morgan fingerprint density at radius 1 is 1.35 bits per heavy atom. The fourth-order valence-corrected chi connectivity index (χ4v) is 4.20. The standard InChI is InChI=1S/C14H20FNO3S/c1-9-6-13(15)7-10(2)14(9)20(17,18)16-8-12-4-5-19-11(12)3/h6-7,11-12,16H,4-5,8H2,1-3H3. The molecule has 2 unspecified atom stereocenters. The summed E-state index contributed by atoms with van der Waals surface area (Å²) in [5.74, 6) is -0.234. The van der Waals surface area contributed by atoms with E-state index < -0.39 is 15.8 Å². The first-order valence-electron chi connectivity index (χ1n) is 6.69. The summed E-state index contributed by atoms with van der Waals surface area (Å²) in [4.78, 5) is 0.172. The van der Waals surface area contributed by atoms with Gasteiger partial charge in [-0.25, -0.2) is 17.5 Å². The molecule has 0 aliphatic carbocycles. The van der Waals surface area contributed by atoms with Crippen molar-refractivity contribution in [3.63, 3.8) is 0 Å². The van der Waals surface area contributed by atoms with Crippen LogP contribution in [0.4, 0.5) is 4.39 Å². The second-order valence-corrected chi connectivity index (χ2v) is 7.05. The number of benzene rings is 1. The van der Waals surface area contributed by atoms with Gasteiger partial charge in [0, 0.05) is 19.1 Å². The minimum Gasteiger partial charge on any atom is -0.378 e. The molecule has 1 aliphatic heterocycles. The van der Waals surface area contributed by atoms with Gasteiger partial charge in [-0.3, -0.25) is 0 Å². The smallest absolute Gasteiger partial charge is 0.241 e. The third kappa shape index (κ3) is 3.19. The molecule has 112 valence electrons. The molecule has 20 heavy (non-hydrogen) atoms. The van der Waals surface area contributed by atoms with Gasteiger partial charge in [-0.2, -0.15) is 0 Å². The summed E-state index contributed by atoms with van der Waals surface area (Å²) in [7, 11) is -3.62. The number of rotatable bonds is 4. The van der Waals surface area contributed by atoms with Crippen LogP contribution >= 0.6 is 0 Å². The summed E-state index contributed by atoms with van der Waals surface area (Å²) in [5, 5.41) is 0. The molecule has 1 fully saturated rings. The molecular formula is C14H20FNO3S. The molecule has 2 rings (SSSR count). The van der Waals surface area contributed by atoms with Gasteiger partial charge in [0.2, 0.25) is 10.0 Å². The Hall–Kier alpha value is -0.980. The van der Waals surface area contributed by atoms with Crippen LogP contribution in [0, 0.1) is 25.6 Å². The molecule has 1 aromatic rings. The molecule has 1 heterocycles. The van der Waals surface area contributed by atoms with E-state index in [1.807, 2.05) is 6.92 Å². The number of nitrogens with one attached hydrogen (secondary N) is 1. The molecular weight excluding hydrogens is 281 g/mol. The van der Waals surface area contributed by atoms with Crippen LogP contribution in [0.1, 0.15) is 24.5 Å². The van der Waals surface area contributed by atoms with E-state index in [-0.39, 0.29) is 16.9 Å². The van der Waals surface area contributed by atoms with Crippen molar-refractivity contribution in [3.05, 3.63) is 29.1 Å². The average molecular weight is 301 g/mol. The molecule has 2 atom stereocenters. The van der Waals surface area contributed by atoms with Crippen molar-refractivity contribution in [2.75, 3.05) is 13.2 Å². The first kappa shape index (κ1) is 15.4. The lowest BCUT2D eigenvalue weighted by Crippen LogP contribution is -2.32. The van der Waals surface area contributed by atoms with Crippen LogP contribution in [0.3, 0.4) is 0 Å². The third-order valence-corrected chi connectivity index (χ3v) is 5.49. The largest absolute Gasteiger partial charge is 0.378 e. The Morgan fingerprint density at radius 2 is 1.95 bits per heavy atom. The van der Waals surface area contributed by atoms with Gasteiger partial charge >= 0.3 is 0 Å². The summed E-state index contributed by atoms with van der Waals surface area (Å²) in [6, 6.07) is 2.48. The normalized spacial score (nSPS) is 23.2. The van der Waals surface area contributed by atoms with Gasteiger partial charge in [0.05, 0.1) is 11.0 Å². The van der Waals surface area contributed by atoms with Crippen molar-refractivity contribution < 1.29 is 17.5 Å². The lowest BCUT2D eigenvalue weighted by molar-refractivity contribution is 0.107. The van der Waals surface area contributed by atoms with Gasteiger partial charge in [-0.15, -0.1) is 0 Å². The number of aryl methyl sites for hydroxylation is 2. The van der Waals surface area contributed by atoms with Crippen molar-refractivity contribution in [2.24, 2.45) is 5.92 Å². The zero-order valence-electron chi connectivity index (χ0n) is 11.9. The lowest BCUT2D eigenvalue weighted by Gasteiger charge is -2.17. The maximum absolute atomic E-state index is 13.2. The van der Waals surface area contributed by atoms with E-state index in [9.17, 15) is 12.8 Å². The second-order valence-electron chi connectivity index (χ2n) is 5.35. The van der Waals surface area contributed by atoms with Crippen molar-refractivity contribution >= 4 is 10.0 Å². The van der Waals surface area contributed by atoms with Crippen LogP contribution in [-0.4, -0.2) is 27.7 Å². The van der Waals surface area contributed by atoms with Crippen molar-refractivity contribution in [1.29, 1.82) is 0 Å². The fraction of sp³-hybridized carbons (Fsp3) is 0.571. The van der Waals surface area contributed by atoms with Crippen LogP contribution in [0.5, 0.6) is 0 Å². The SMILES string of the molecule is Cc1cc(F)cc(C)c1S(=O)(=O)NCC1CCOC1C. The van der Waals surface area contributed by atoms with E-state index in [1.165, 1.54) is 12.1 Å². The van der Waals surface area contributed by atoms with Crippen molar-refractivity contribution in [3.8, 4) is 0 Å². The minimum absolute atomic E-state index is 0.0631. The van der Waals surface area contributed by atoms with E-state index in [0.29, 0.717) is 24.3 Å². The van der Waals surface area contributed by atoms with Gasteiger partial charge in [-0.1, -0.05) is 0 Å². The average Bonchev–Trinajstić information content (AvgIpc) is 2.70. The Balaban J connectivity index is 2.18. The highest BCUT2D eigenvalue weighted by molar-refractivity contribution is 7.89. The predicted molar refractivity (Wildman–Crippen MR) is 74.6 cm³/mol. The monoisotopic (exact) mass is 301 g/mol. The first-order chi connectivity index (χ1) is 9.31. The van der Waals surface area contributed by atoms with Crippen LogP contribution in [0.15, 0.2) is 17.0 Å². The van der Waals surface area contributed by atoms with Crippen LogP contribution in [0.2, 0.25) is 0 Å². The zero-order valence-corrected chi connectivity index (χ0v) is 12.8. The first-order valence-corrected chi connectivity index (χ1v) is 8.17. The number of hydrogen-bond donors (Lipinski definition) is 1. The Labute approximate surface area is 119 Å². The minimum atomic E-state index is -3.62. The van der Waals surface area contributed by atoms with Gasteiger partial charge in [0.15, 0.2) is 0 Å². The highest BCUT2D eigenvalue weighted by atomic mass is 32.2. The zero-order chi connectivity index (χ0) is 14.9. The summed E-state index contributed by atoms with van der Waals surface area (Å²) < 4.78 is 46.0. The van der Waals surface area contributed by atoms with Crippen LogP contribution in [-0.2, 0) is 14.8 Å². The molecule has 6 heteroatoms. The molecule has 0 radical (unpaired) electrons. The van der Waals surface area contributed by atoms with Gasteiger partial charge in [0.1, 0.15) is 5.82 Å². The summed E-state index contributed by atoms with van der Waals surface area (Å²) in [5.41, 5.74) is 0.844.